The first kappa shape index (κ1) is 13.0. The molecule has 0 amide bonds. The smallest absolute Gasteiger partial charge is 0.362 e. The van der Waals surface area contributed by atoms with Gasteiger partial charge in [0.1, 0.15) is 5.75 Å². The second-order valence-corrected chi connectivity index (χ2v) is 5.91. The van der Waals surface area contributed by atoms with Gasteiger partial charge >= 0.3 is 10.4 Å². The molecule has 1 aromatic rings. The molecule has 16 heavy (non-hydrogen) atoms. The summed E-state index contributed by atoms with van der Waals surface area (Å²) in [5.41, 5.74) is 1.26. The molecule has 0 aliphatic heterocycles. The molecule has 0 bridgehead atoms. The molecule has 5 heteroatoms. The van der Waals surface area contributed by atoms with Crippen molar-refractivity contribution in [3.63, 3.8) is 0 Å². The average molecular weight is 244 g/mol. The summed E-state index contributed by atoms with van der Waals surface area (Å²) in [6.45, 7) is 6.36. The molecule has 1 N–H and O–H groups in total. The molecule has 0 aliphatic carbocycles. The van der Waals surface area contributed by atoms with Crippen molar-refractivity contribution >= 4 is 10.4 Å². The summed E-state index contributed by atoms with van der Waals surface area (Å²) in [4.78, 5) is 0. The van der Waals surface area contributed by atoms with Gasteiger partial charge in [-0.1, -0.05) is 32.9 Å². The zero-order valence-corrected chi connectivity index (χ0v) is 10.4. The van der Waals surface area contributed by atoms with E-state index in [1.807, 2.05) is 0 Å². The van der Waals surface area contributed by atoms with Crippen LogP contribution >= 0.6 is 0 Å². The molecular formula is C11H16O4S. The second kappa shape index (κ2) is 4.43. The molecule has 4 nitrogen and oxygen atoms in total. The summed E-state index contributed by atoms with van der Waals surface area (Å²) >= 11 is 0. The molecule has 0 fully saturated rings. The van der Waals surface area contributed by atoms with Gasteiger partial charge in [0.2, 0.25) is 0 Å². The van der Waals surface area contributed by atoms with Gasteiger partial charge in [0, 0.05) is 0 Å². The molecular weight excluding hydrogens is 228 g/mol. The lowest BCUT2D eigenvalue weighted by molar-refractivity contribution is 0.386. The minimum Gasteiger partial charge on any atom is -0.362 e. The Balaban J connectivity index is 2.76. The lowest BCUT2D eigenvalue weighted by Gasteiger charge is -2.18. The summed E-state index contributed by atoms with van der Waals surface area (Å²) < 4.78 is 33.7. The van der Waals surface area contributed by atoms with Gasteiger partial charge < -0.3 is 4.18 Å². The van der Waals surface area contributed by atoms with Crippen LogP contribution in [-0.4, -0.2) is 13.0 Å². The van der Waals surface area contributed by atoms with Gasteiger partial charge in [0.15, 0.2) is 0 Å². The average Bonchev–Trinajstić information content (AvgIpc) is 2.03. The lowest BCUT2D eigenvalue weighted by Crippen LogP contribution is -2.09. The van der Waals surface area contributed by atoms with Gasteiger partial charge in [-0.2, -0.15) is 8.42 Å². The summed E-state index contributed by atoms with van der Waals surface area (Å²) in [5, 5.41) is 0. The highest BCUT2D eigenvalue weighted by molar-refractivity contribution is 7.81. The van der Waals surface area contributed by atoms with Gasteiger partial charge in [-0.05, 0) is 29.5 Å². The predicted octanol–water partition coefficient (Wildman–Crippen LogP) is 2.46. The second-order valence-electron chi connectivity index (χ2n) is 4.89. The van der Waals surface area contributed by atoms with Crippen LogP contribution in [0.2, 0.25) is 0 Å². The standard InChI is InChI=1S/C11H16O4S/c1-11(2,3)8-9-4-6-10(7-5-9)15-16(12,13)14/h4-7H,8H2,1-3H3,(H,12,13,14). The van der Waals surface area contributed by atoms with Crippen LogP contribution in [0.25, 0.3) is 0 Å². The number of hydrogen-bond donors (Lipinski definition) is 1. The molecule has 0 aliphatic rings. The Morgan fingerprint density at radius 1 is 1.19 bits per heavy atom. The van der Waals surface area contributed by atoms with Crippen molar-refractivity contribution in [3.05, 3.63) is 29.8 Å². The van der Waals surface area contributed by atoms with Crippen molar-refractivity contribution in [2.75, 3.05) is 0 Å². The third-order valence-electron chi connectivity index (χ3n) is 1.86. The fourth-order valence-corrected chi connectivity index (χ4v) is 1.75. The maximum Gasteiger partial charge on any atom is 0.446 e. The number of hydrogen-bond acceptors (Lipinski definition) is 3. The quantitative estimate of drug-likeness (QED) is 0.829. The van der Waals surface area contributed by atoms with E-state index in [4.69, 9.17) is 4.55 Å². The van der Waals surface area contributed by atoms with E-state index in [0.29, 0.717) is 0 Å². The van der Waals surface area contributed by atoms with Gasteiger partial charge in [-0.15, -0.1) is 0 Å². The molecule has 0 saturated heterocycles. The molecule has 1 rings (SSSR count). The fourth-order valence-electron chi connectivity index (χ4n) is 1.40. The first-order valence-electron chi connectivity index (χ1n) is 4.92. The molecule has 0 radical (unpaired) electrons. The van der Waals surface area contributed by atoms with Gasteiger partial charge in [0.25, 0.3) is 0 Å². The molecule has 0 spiro atoms. The van der Waals surface area contributed by atoms with Gasteiger partial charge in [0.05, 0.1) is 0 Å². The van der Waals surface area contributed by atoms with E-state index in [-0.39, 0.29) is 11.2 Å². The lowest BCUT2D eigenvalue weighted by atomic mass is 9.88. The van der Waals surface area contributed by atoms with Crippen molar-refractivity contribution in [1.29, 1.82) is 0 Å². The zero-order chi connectivity index (χ0) is 12.4. The summed E-state index contributed by atoms with van der Waals surface area (Å²) in [5.74, 6) is 0.111. The topological polar surface area (TPSA) is 63.6 Å². The molecule has 90 valence electrons. The highest BCUT2D eigenvalue weighted by Gasteiger charge is 2.12. The van der Waals surface area contributed by atoms with E-state index in [1.165, 1.54) is 12.1 Å². The van der Waals surface area contributed by atoms with Crippen LogP contribution < -0.4 is 4.18 Å². The third-order valence-corrected chi connectivity index (χ3v) is 2.26. The Bertz CT molecular complexity index is 440. The Morgan fingerprint density at radius 2 is 1.69 bits per heavy atom. The Labute approximate surface area is 96.2 Å². The SMILES string of the molecule is CC(C)(C)Cc1ccc(OS(=O)(=O)O)cc1. The molecule has 0 aromatic heterocycles. The van der Waals surface area contributed by atoms with E-state index in [0.717, 1.165) is 12.0 Å². The van der Waals surface area contributed by atoms with E-state index >= 15 is 0 Å². The Morgan fingerprint density at radius 3 is 2.06 bits per heavy atom. The van der Waals surface area contributed by atoms with Crippen molar-refractivity contribution in [3.8, 4) is 5.75 Å². The molecule has 0 unspecified atom stereocenters. The van der Waals surface area contributed by atoms with Crippen molar-refractivity contribution in [1.82, 2.24) is 0 Å². The third kappa shape index (κ3) is 5.14. The maximum atomic E-state index is 10.4. The predicted molar refractivity (Wildman–Crippen MR) is 61.8 cm³/mol. The van der Waals surface area contributed by atoms with Crippen LogP contribution in [0, 0.1) is 5.41 Å². The fraction of sp³-hybridized carbons (Fsp3) is 0.455. The monoisotopic (exact) mass is 244 g/mol. The van der Waals surface area contributed by atoms with Crippen molar-refractivity contribution in [2.24, 2.45) is 5.41 Å². The highest BCUT2D eigenvalue weighted by Crippen LogP contribution is 2.22. The molecule has 0 heterocycles. The zero-order valence-electron chi connectivity index (χ0n) is 9.60. The minimum absolute atomic E-state index is 0.111. The molecule has 0 atom stereocenters. The van der Waals surface area contributed by atoms with Crippen LogP contribution in [0.15, 0.2) is 24.3 Å². The van der Waals surface area contributed by atoms with Crippen LogP contribution in [0.5, 0.6) is 5.75 Å². The van der Waals surface area contributed by atoms with E-state index in [1.54, 1.807) is 12.1 Å². The maximum absolute atomic E-state index is 10.4. The first-order chi connectivity index (χ1) is 7.16. The van der Waals surface area contributed by atoms with Crippen molar-refractivity contribution in [2.45, 2.75) is 27.2 Å². The molecule has 1 aromatic carbocycles. The Hall–Kier alpha value is -1.07. The minimum atomic E-state index is -4.43. The largest absolute Gasteiger partial charge is 0.446 e. The van der Waals surface area contributed by atoms with E-state index in [9.17, 15) is 8.42 Å². The number of rotatable bonds is 3. The first-order valence-corrected chi connectivity index (χ1v) is 6.28. The van der Waals surface area contributed by atoms with Crippen LogP contribution in [0.1, 0.15) is 26.3 Å². The summed E-state index contributed by atoms with van der Waals surface area (Å²) in [6.07, 6.45) is 0.888. The van der Waals surface area contributed by atoms with E-state index < -0.39 is 10.4 Å². The van der Waals surface area contributed by atoms with Crippen LogP contribution in [0.4, 0.5) is 0 Å². The van der Waals surface area contributed by atoms with E-state index in [2.05, 4.69) is 25.0 Å². The highest BCUT2D eigenvalue weighted by atomic mass is 32.3. The van der Waals surface area contributed by atoms with Gasteiger partial charge in [-0.25, -0.2) is 0 Å². The Kier molecular flexibility index (Phi) is 3.60. The summed E-state index contributed by atoms with van der Waals surface area (Å²) in [6, 6.07) is 6.61. The van der Waals surface area contributed by atoms with Crippen LogP contribution in [0.3, 0.4) is 0 Å². The van der Waals surface area contributed by atoms with Crippen LogP contribution in [-0.2, 0) is 16.8 Å². The summed E-state index contributed by atoms with van der Waals surface area (Å²) in [7, 11) is -4.43. The van der Waals surface area contributed by atoms with Gasteiger partial charge in [-0.3, -0.25) is 4.55 Å². The molecule has 0 saturated carbocycles. The van der Waals surface area contributed by atoms with Crippen molar-refractivity contribution < 1.29 is 17.2 Å². The normalized spacial score (nSPS) is 12.5. The number of benzene rings is 1.